The van der Waals surface area contributed by atoms with E-state index in [9.17, 15) is 4.79 Å². The molecule has 2 rings (SSSR count). The number of tetrazole rings is 1. The first-order valence-corrected chi connectivity index (χ1v) is 5.07. The van der Waals surface area contributed by atoms with Crippen molar-refractivity contribution in [2.75, 3.05) is 0 Å². The van der Waals surface area contributed by atoms with Gasteiger partial charge in [0.1, 0.15) is 0 Å². The molecule has 1 aromatic heterocycles. The second kappa shape index (κ2) is 5.46. The lowest BCUT2D eigenvalue weighted by Crippen LogP contribution is -2.31. The van der Waals surface area contributed by atoms with Gasteiger partial charge >= 0.3 is 6.09 Å². The molecule has 0 fully saturated rings. The summed E-state index contributed by atoms with van der Waals surface area (Å²) in [6.45, 7) is -2.74. The van der Waals surface area contributed by atoms with Gasteiger partial charge in [0.2, 0.25) is 0 Å². The van der Waals surface area contributed by atoms with Crippen LogP contribution in [-0.4, -0.2) is 31.4 Å². The first-order valence-electron chi connectivity index (χ1n) is 6.69. The monoisotopic (exact) mass is 271 g/mol. The molecule has 0 spiro atoms. The van der Waals surface area contributed by atoms with Crippen LogP contribution in [0.25, 0.3) is 0 Å². The van der Waals surface area contributed by atoms with E-state index in [0.717, 1.165) is 6.33 Å². The van der Waals surface area contributed by atoms with Crippen molar-refractivity contribution >= 4 is 17.7 Å². The van der Waals surface area contributed by atoms with Crippen LogP contribution in [0, 0.1) is 0 Å². The van der Waals surface area contributed by atoms with Crippen molar-refractivity contribution in [1.29, 1.82) is 0 Å². The number of carboxylic acid groups (broad SMARTS) is 1. The van der Waals surface area contributed by atoms with E-state index in [1.165, 1.54) is 18.2 Å². The minimum absolute atomic E-state index is 0.0332. The lowest BCUT2D eigenvalue weighted by atomic mass is 10.1. The Labute approximate surface area is 113 Å². The van der Waals surface area contributed by atoms with Gasteiger partial charge in [0.05, 0.1) is 18.0 Å². The molecule has 0 unspecified atom stereocenters. The molecule has 1 amide bonds. The summed E-state index contributed by atoms with van der Waals surface area (Å²) in [5, 5.41) is 20.9. The lowest BCUT2D eigenvalue weighted by Gasteiger charge is -2.17. The fourth-order valence-electron chi connectivity index (χ4n) is 1.19. The molecule has 1 aromatic carbocycles. The molecule has 0 saturated carbocycles. The van der Waals surface area contributed by atoms with E-state index in [1.54, 1.807) is 5.32 Å². The van der Waals surface area contributed by atoms with Gasteiger partial charge in [-0.2, -0.15) is 4.80 Å². The molecule has 2 aromatic rings. The fourth-order valence-corrected chi connectivity index (χ4v) is 1.41. The van der Waals surface area contributed by atoms with Crippen molar-refractivity contribution in [3.8, 4) is 0 Å². The molecule has 0 saturated heterocycles. The minimum atomic E-state index is -2.74. The van der Waals surface area contributed by atoms with Crippen LogP contribution in [0.2, 0.25) is 5.02 Å². The molecule has 8 heteroatoms. The van der Waals surface area contributed by atoms with Crippen LogP contribution < -0.4 is 5.32 Å². The second-order valence-electron chi connectivity index (χ2n) is 3.05. The third-order valence-electron chi connectivity index (χ3n) is 1.88. The maximum atomic E-state index is 11.0. The number of nitrogens with one attached hydrogen (secondary N) is 1. The Morgan fingerprint density at radius 1 is 1.78 bits per heavy atom. The van der Waals surface area contributed by atoms with E-state index < -0.39 is 18.6 Å². The molecule has 1 atom stereocenters. The average molecular weight is 272 g/mol. The molecule has 0 radical (unpaired) electrons. The molecule has 2 N–H and O–H groups in total. The number of halogens is 1. The highest BCUT2D eigenvalue weighted by molar-refractivity contribution is 6.31. The first kappa shape index (κ1) is 8.04. The van der Waals surface area contributed by atoms with Gasteiger partial charge in [-0.15, -0.1) is 10.2 Å². The smallest absolute Gasteiger partial charge is 0.405 e. The van der Waals surface area contributed by atoms with Crippen molar-refractivity contribution in [3.63, 3.8) is 0 Å². The fraction of sp³-hybridized carbons (Fsp3) is 0.200. The molecular weight excluding hydrogens is 258 g/mol. The van der Waals surface area contributed by atoms with E-state index in [-0.39, 0.29) is 16.6 Å². The summed E-state index contributed by atoms with van der Waals surface area (Å²) in [5.74, 6) is 0. The van der Waals surface area contributed by atoms with Crippen LogP contribution in [0.15, 0.2) is 30.6 Å². The van der Waals surface area contributed by atoms with Crippen molar-refractivity contribution < 1.29 is 15.4 Å². The topological polar surface area (TPSA) is 92.9 Å². The zero-order chi connectivity index (χ0) is 16.5. The van der Waals surface area contributed by atoms with E-state index >= 15 is 0 Å². The molecule has 0 aliphatic heterocycles. The highest BCUT2D eigenvalue weighted by Gasteiger charge is 2.18. The maximum Gasteiger partial charge on any atom is 0.405 e. The molecule has 0 aliphatic rings. The van der Waals surface area contributed by atoms with Crippen LogP contribution in [0.3, 0.4) is 0 Å². The molecular formula is C10H10ClN5O2. The van der Waals surface area contributed by atoms with Crippen LogP contribution in [0.1, 0.15) is 17.1 Å². The summed E-state index contributed by atoms with van der Waals surface area (Å²) >= 11 is 5.96. The summed E-state index contributed by atoms with van der Waals surface area (Å²) in [6, 6.07) is 1.10. The minimum Gasteiger partial charge on any atom is -0.465 e. The third kappa shape index (κ3) is 2.95. The molecule has 7 nitrogen and oxygen atoms in total. The van der Waals surface area contributed by atoms with Crippen molar-refractivity contribution in [2.45, 2.75) is 12.5 Å². The highest BCUT2D eigenvalue weighted by Crippen LogP contribution is 2.23. The summed E-state index contributed by atoms with van der Waals surface area (Å²) in [7, 11) is 0. The predicted octanol–water partition coefficient (Wildman–Crippen LogP) is 1.34. The number of hydrogen-bond donors (Lipinski definition) is 2. The Morgan fingerprint density at radius 3 is 3.22 bits per heavy atom. The lowest BCUT2D eigenvalue weighted by molar-refractivity contribution is 0.187. The van der Waals surface area contributed by atoms with Crippen molar-refractivity contribution in [3.05, 3.63) is 41.2 Å². The van der Waals surface area contributed by atoms with Crippen molar-refractivity contribution in [1.82, 2.24) is 25.5 Å². The quantitative estimate of drug-likeness (QED) is 0.875. The summed E-state index contributed by atoms with van der Waals surface area (Å²) in [5.41, 5.74) is -0.185. The number of aromatic nitrogens is 4. The van der Waals surface area contributed by atoms with Gasteiger partial charge < -0.3 is 10.4 Å². The maximum absolute atomic E-state index is 11.0. The van der Waals surface area contributed by atoms with Gasteiger partial charge in [0.15, 0.2) is 6.33 Å². The number of carbonyl (C=O) groups is 1. The Balaban J connectivity index is 2.64. The SMILES string of the molecule is [2H]c1ccc([C@@]([2H])(NC(=O)O)C([2H])([2H])n2ncnn2)c(Cl)c1. The van der Waals surface area contributed by atoms with Crippen LogP contribution in [-0.2, 0) is 6.50 Å². The van der Waals surface area contributed by atoms with Gasteiger partial charge in [-0.25, -0.2) is 4.79 Å². The zero-order valence-corrected chi connectivity index (χ0v) is 9.59. The number of nitrogens with zero attached hydrogens (tertiary/aromatic N) is 4. The van der Waals surface area contributed by atoms with Crippen LogP contribution >= 0.6 is 11.6 Å². The molecule has 0 aliphatic carbocycles. The average Bonchev–Trinajstić information content (AvgIpc) is 2.91. The number of benzene rings is 1. The number of rotatable bonds is 4. The largest absolute Gasteiger partial charge is 0.465 e. The van der Waals surface area contributed by atoms with Gasteiger partial charge in [-0.1, -0.05) is 29.8 Å². The molecule has 18 heavy (non-hydrogen) atoms. The van der Waals surface area contributed by atoms with Gasteiger partial charge in [0, 0.05) is 5.02 Å². The second-order valence-corrected chi connectivity index (χ2v) is 3.46. The van der Waals surface area contributed by atoms with Gasteiger partial charge in [0.25, 0.3) is 0 Å². The molecule has 0 bridgehead atoms. The van der Waals surface area contributed by atoms with Gasteiger partial charge in [-0.3, -0.25) is 0 Å². The predicted molar refractivity (Wildman–Crippen MR) is 63.2 cm³/mol. The van der Waals surface area contributed by atoms with E-state index in [0.29, 0.717) is 4.80 Å². The third-order valence-corrected chi connectivity index (χ3v) is 2.19. The summed E-state index contributed by atoms with van der Waals surface area (Å²) in [4.78, 5) is 11.5. The zero-order valence-electron chi connectivity index (χ0n) is 12.8. The van der Waals surface area contributed by atoms with Crippen LogP contribution in [0.5, 0.6) is 0 Å². The summed E-state index contributed by atoms with van der Waals surface area (Å²) < 4.78 is 31.9. The molecule has 1 heterocycles. The standard InChI is InChI=1S/C10H10ClN5O2/c11-8-4-2-1-3-7(8)9(14-10(17)18)5-16-13-6-12-15-16/h1-4,6,9,14H,5H2,(H,17,18)/t9-/m0/s1/i2D,5D2,9D. The summed E-state index contributed by atoms with van der Waals surface area (Å²) in [6.07, 6.45) is -0.682. The first-order chi connectivity index (χ1) is 10.2. The van der Waals surface area contributed by atoms with Crippen molar-refractivity contribution in [2.24, 2.45) is 0 Å². The van der Waals surface area contributed by atoms with Crippen LogP contribution in [0.4, 0.5) is 4.79 Å². The van der Waals surface area contributed by atoms with E-state index in [1.807, 2.05) is 0 Å². The molecule has 94 valence electrons. The Hall–Kier alpha value is -2.15. The Kier molecular flexibility index (Phi) is 2.44. The van der Waals surface area contributed by atoms with Gasteiger partial charge in [-0.05, 0) is 16.8 Å². The Bertz CT molecular complexity index is 699. The number of amides is 1. The normalized spacial score (nSPS) is 17.8. The Morgan fingerprint density at radius 2 is 2.61 bits per heavy atom. The number of hydrogen-bond acceptors (Lipinski definition) is 4. The van der Waals surface area contributed by atoms with E-state index in [2.05, 4.69) is 15.4 Å². The highest BCUT2D eigenvalue weighted by atomic mass is 35.5. The van der Waals surface area contributed by atoms with E-state index in [4.69, 9.17) is 22.2 Å².